The van der Waals surface area contributed by atoms with Gasteiger partial charge in [0.2, 0.25) is 11.8 Å². The summed E-state index contributed by atoms with van der Waals surface area (Å²) in [5.41, 5.74) is 2.97. The summed E-state index contributed by atoms with van der Waals surface area (Å²) in [6.45, 7) is 9.50. The monoisotopic (exact) mass is 569 g/mol. The summed E-state index contributed by atoms with van der Waals surface area (Å²) in [7, 11) is -4.17. The number of hydrogen-bond acceptors (Lipinski definition) is 4. The molecule has 2 amide bonds. The van der Waals surface area contributed by atoms with Crippen LogP contribution in [-0.4, -0.2) is 44.3 Å². The van der Waals surface area contributed by atoms with Crippen molar-refractivity contribution in [1.29, 1.82) is 0 Å². The average Bonchev–Trinajstić information content (AvgIpc) is 2.90. The third-order valence-corrected chi connectivity index (χ3v) is 8.43. The molecule has 0 radical (unpaired) electrons. The van der Waals surface area contributed by atoms with Crippen molar-refractivity contribution >= 4 is 39.1 Å². The van der Waals surface area contributed by atoms with E-state index in [1.807, 2.05) is 52.0 Å². The summed E-state index contributed by atoms with van der Waals surface area (Å²) in [5, 5.41) is 3.07. The van der Waals surface area contributed by atoms with E-state index in [4.69, 9.17) is 11.6 Å². The number of nitrogens with one attached hydrogen (secondary N) is 1. The van der Waals surface area contributed by atoms with E-state index in [1.54, 1.807) is 43.3 Å². The molecule has 0 saturated carbocycles. The third-order valence-electron chi connectivity index (χ3n) is 6.33. The number of sulfonamides is 1. The predicted octanol–water partition coefficient (Wildman–Crippen LogP) is 5.34. The fourth-order valence-electron chi connectivity index (χ4n) is 3.93. The van der Waals surface area contributed by atoms with E-state index >= 15 is 0 Å². The highest BCUT2D eigenvalue weighted by atomic mass is 35.5. The number of rotatable bonds is 11. The molecule has 0 saturated heterocycles. The van der Waals surface area contributed by atoms with Crippen LogP contribution in [-0.2, 0) is 26.2 Å². The molecule has 3 rings (SSSR count). The summed E-state index contributed by atoms with van der Waals surface area (Å²) < 4.78 is 28.7. The van der Waals surface area contributed by atoms with E-state index in [2.05, 4.69) is 5.32 Å². The minimum Gasteiger partial charge on any atom is -0.354 e. The van der Waals surface area contributed by atoms with Crippen LogP contribution in [0.4, 0.5) is 5.69 Å². The number of anilines is 1. The minimum atomic E-state index is -4.17. The first-order valence-electron chi connectivity index (χ1n) is 12.9. The summed E-state index contributed by atoms with van der Waals surface area (Å²) in [4.78, 5) is 28.4. The van der Waals surface area contributed by atoms with Gasteiger partial charge in [-0.3, -0.25) is 13.9 Å². The average molecular weight is 570 g/mol. The topological polar surface area (TPSA) is 86.8 Å². The van der Waals surface area contributed by atoms with E-state index < -0.39 is 28.5 Å². The molecule has 0 aliphatic heterocycles. The zero-order valence-electron chi connectivity index (χ0n) is 23.0. The first kappa shape index (κ1) is 30.2. The van der Waals surface area contributed by atoms with Gasteiger partial charge in [-0.2, -0.15) is 0 Å². The molecule has 208 valence electrons. The molecule has 0 spiro atoms. The van der Waals surface area contributed by atoms with Crippen molar-refractivity contribution in [2.24, 2.45) is 5.92 Å². The normalized spacial score (nSPS) is 12.2. The number of nitrogens with zero attached hydrogens (tertiary/aromatic N) is 2. The van der Waals surface area contributed by atoms with Gasteiger partial charge in [0.15, 0.2) is 0 Å². The minimum absolute atomic E-state index is 0.0358. The molecule has 0 aliphatic carbocycles. The van der Waals surface area contributed by atoms with Gasteiger partial charge in [-0.15, -0.1) is 0 Å². The standard InChI is InChI=1S/C30H36ClN3O4S/c1-21(2)18-32-30(36)24(5)33(19-25-14-10-22(3)11-15-25)29(35)20-34(28-9-7-6-8-27(28)31)39(37,38)26-16-12-23(4)13-17-26/h6-17,21,24H,18-20H2,1-5H3,(H,32,36)/t24-/m0/s1. The van der Waals surface area contributed by atoms with Crippen molar-refractivity contribution < 1.29 is 18.0 Å². The lowest BCUT2D eigenvalue weighted by atomic mass is 10.1. The van der Waals surface area contributed by atoms with Crippen LogP contribution in [0.1, 0.15) is 37.5 Å². The number of hydrogen-bond donors (Lipinski definition) is 1. The number of carbonyl (C=O) groups excluding carboxylic acids is 2. The Morgan fingerprint density at radius 1 is 0.872 bits per heavy atom. The molecule has 0 fully saturated rings. The molecular weight excluding hydrogens is 534 g/mol. The van der Waals surface area contributed by atoms with Gasteiger partial charge in [-0.05, 0) is 56.5 Å². The van der Waals surface area contributed by atoms with Crippen molar-refractivity contribution in [3.8, 4) is 0 Å². The van der Waals surface area contributed by atoms with Crippen LogP contribution in [0.25, 0.3) is 0 Å². The van der Waals surface area contributed by atoms with E-state index in [0.29, 0.717) is 6.54 Å². The lowest BCUT2D eigenvalue weighted by molar-refractivity contribution is -0.139. The second kappa shape index (κ2) is 13.1. The quantitative estimate of drug-likeness (QED) is 0.338. The van der Waals surface area contributed by atoms with Crippen LogP contribution < -0.4 is 9.62 Å². The fourth-order valence-corrected chi connectivity index (χ4v) is 5.65. The smallest absolute Gasteiger partial charge is 0.264 e. The van der Waals surface area contributed by atoms with Crippen LogP contribution in [0.3, 0.4) is 0 Å². The highest BCUT2D eigenvalue weighted by Gasteiger charge is 2.33. The second-order valence-corrected chi connectivity index (χ2v) is 12.4. The maximum atomic E-state index is 13.9. The van der Waals surface area contributed by atoms with Crippen LogP contribution >= 0.6 is 11.6 Å². The van der Waals surface area contributed by atoms with Crippen molar-refractivity contribution in [2.45, 2.75) is 52.1 Å². The first-order chi connectivity index (χ1) is 18.4. The first-order valence-corrected chi connectivity index (χ1v) is 14.7. The zero-order chi connectivity index (χ0) is 28.7. The Labute approximate surface area is 236 Å². The number of amides is 2. The Hall–Kier alpha value is -3.36. The third kappa shape index (κ3) is 7.83. The molecular formula is C30H36ClN3O4S. The van der Waals surface area contributed by atoms with Crippen LogP contribution in [0, 0.1) is 19.8 Å². The summed E-state index contributed by atoms with van der Waals surface area (Å²) in [6, 6.07) is 19.7. The SMILES string of the molecule is Cc1ccc(CN(C(=O)CN(c2ccccc2Cl)S(=O)(=O)c2ccc(C)cc2)[C@@H](C)C(=O)NCC(C)C)cc1. The van der Waals surface area contributed by atoms with Crippen molar-refractivity contribution in [3.05, 3.63) is 94.5 Å². The highest BCUT2D eigenvalue weighted by molar-refractivity contribution is 7.92. The van der Waals surface area contributed by atoms with E-state index in [-0.39, 0.29) is 34.0 Å². The maximum absolute atomic E-state index is 13.9. The summed E-state index contributed by atoms with van der Waals surface area (Å²) in [5.74, 6) is -0.606. The van der Waals surface area contributed by atoms with Crippen LogP contribution in [0.2, 0.25) is 5.02 Å². The van der Waals surface area contributed by atoms with Gasteiger partial charge in [0.25, 0.3) is 10.0 Å². The molecule has 0 unspecified atom stereocenters. The molecule has 0 aliphatic rings. The molecule has 1 atom stereocenters. The Balaban J connectivity index is 2.02. The zero-order valence-corrected chi connectivity index (χ0v) is 24.6. The molecule has 0 aromatic heterocycles. The maximum Gasteiger partial charge on any atom is 0.264 e. The number of aryl methyl sites for hydroxylation is 2. The fraction of sp³-hybridized carbons (Fsp3) is 0.333. The largest absolute Gasteiger partial charge is 0.354 e. The van der Waals surface area contributed by atoms with Crippen LogP contribution in [0.5, 0.6) is 0 Å². The van der Waals surface area contributed by atoms with Gasteiger partial charge in [-0.1, -0.05) is 85.1 Å². The number of benzene rings is 3. The lowest BCUT2D eigenvalue weighted by Crippen LogP contribution is -2.51. The Morgan fingerprint density at radius 3 is 2.00 bits per heavy atom. The summed E-state index contributed by atoms with van der Waals surface area (Å²) in [6.07, 6.45) is 0. The van der Waals surface area contributed by atoms with Gasteiger partial charge in [0, 0.05) is 13.1 Å². The Bertz CT molecular complexity index is 1390. The van der Waals surface area contributed by atoms with Crippen molar-refractivity contribution in [2.75, 3.05) is 17.4 Å². The highest BCUT2D eigenvalue weighted by Crippen LogP contribution is 2.31. The predicted molar refractivity (Wildman–Crippen MR) is 156 cm³/mol. The van der Waals surface area contributed by atoms with Gasteiger partial charge in [0.05, 0.1) is 15.6 Å². The van der Waals surface area contributed by atoms with Gasteiger partial charge in [-0.25, -0.2) is 8.42 Å². The van der Waals surface area contributed by atoms with Crippen molar-refractivity contribution in [1.82, 2.24) is 10.2 Å². The van der Waals surface area contributed by atoms with Crippen LogP contribution in [0.15, 0.2) is 77.7 Å². The van der Waals surface area contributed by atoms with Crippen molar-refractivity contribution in [3.63, 3.8) is 0 Å². The Morgan fingerprint density at radius 2 is 1.44 bits per heavy atom. The van der Waals surface area contributed by atoms with Gasteiger partial charge >= 0.3 is 0 Å². The number of para-hydroxylation sites is 1. The molecule has 39 heavy (non-hydrogen) atoms. The Kier molecular flexibility index (Phi) is 10.2. The summed E-state index contributed by atoms with van der Waals surface area (Å²) >= 11 is 6.43. The molecule has 3 aromatic carbocycles. The molecule has 3 aromatic rings. The number of carbonyl (C=O) groups is 2. The van der Waals surface area contributed by atoms with Gasteiger partial charge < -0.3 is 10.2 Å². The van der Waals surface area contributed by atoms with E-state index in [1.165, 1.54) is 17.0 Å². The lowest BCUT2D eigenvalue weighted by Gasteiger charge is -2.32. The van der Waals surface area contributed by atoms with E-state index in [0.717, 1.165) is 21.0 Å². The number of halogens is 1. The van der Waals surface area contributed by atoms with Gasteiger partial charge in [0.1, 0.15) is 12.6 Å². The molecule has 0 bridgehead atoms. The molecule has 1 N–H and O–H groups in total. The second-order valence-electron chi connectivity index (χ2n) is 10.1. The van der Waals surface area contributed by atoms with E-state index in [9.17, 15) is 18.0 Å². The molecule has 0 heterocycles. The molecule has 9 heteroatoms. The molecule has 7 nitrogen and oxygen atoms in total.